The van der Waals surface area contributed by atoms with Crippen LogP contribution in [0.15, 0.2) is 46.8 Å². The Hall–Kier alpha value is -2.01. The third-order valence-corrected chi connectivity index (χ3v) is 4.03. The fourth-order valence-electron chi connectivity index (χ4n) is 2.04. The maximum atomic E-state index is 5.17. The molecule has 0 saturated carbocycles. The van der Waals surface area contributed by atoms with Crippen molar-refractivity contribution in [3.8, 4) is 5.75 Å². The lowest BCUT2D eigenvalue weighted by Crippen LogP contribution is -2.37. The number of benzene rings is 1. The second kappa shape index (κ2) is 7.69. The van der Waals surface area contributed by atoms with Crippen LogP contribution in [0.4, 0.5) is 0 Å². The summed E-state index contributed by atoms with van der Waals surface area (Å²) in [5, 5.41) is 5.46. The van der Waals surface area contributed by atoms with Crippen molar-refractivity contribution in [2.24, 2.45) is 4.99 Å². The van der Waals surface area contributed by atoms with Crippen LogP contribution in [0.2, 0.25) is 0 Å². The maximum Gasteiger partial charge on any atom is 0.193 e. The number of nitrogens with zero attached hydrogens (tertiary/aromatic N) is 2. The minimum Gasteiger partial charge on any atom is -0.497 e. The van der Waals surface area contributed by atoms with E-state index in [2.05, 4.69) is 44.9 Å². The molecule has 0 aliphatic carbocycles. The normalized spacial score (nSPS) is 11.3. The zero-order chi connectivity index (χ0) is 15.1. The van der Waals surface area contributed by atoms with Crippen LogP contribution >= 0.6 is 11.3 Å². The minimum absolute atomic E-state index is 0.800. The predicted molar refractivity (Wildman–Crippen MR) is 89.0 cm³/mol. The first-order valence-electron chi connectivity index (χ1n) is 6.80. The van der Waals surface area contributed by atoms with Crippen LogP contribution in [0.3, 0.4) is 0 Å². The molecule has 0 atom stereocenters. The Kier molecular flexibility index (Phi) is 5.63. The van der Waals surface area contributed by atoms with Gasteiger partial charge in [-0.05, 0) is 29.1 Å². The smallest absolute Gasteiger partial charge is 0.193 e. The lowest BCUT2D eigenvalue weighted by atomic mass is 10.2. The molecule has 112 valence electrons. The first-order chi connectivity index (χ1) is 10.2. The van der Waals surface area contributed by atoms with E-state index in [-0.39, 0.29) is 0 Å². The van der Waals surface area contributed by atoms with E-state index in [1.165, 1.54) is 10.4 Å². The zero-order valence-electron chi connectivity index (χ0n) is 12.7. The molecule has 2 aromatic rings. The number of hydrogen-bond acceptors (Lipinski definition) is 3. The summed E-state index contributed by atoms with van der Waals surface area (Å²) in [6, 6.07) is 12.3. The summed E-state index contributed by atoms with van der Waals surface area (Å²) in [5.41, 5.74) is 1.22. The van der Waals surface area contributed by atoms with E-state index in [0.717, 1.165) is 24.8 Å². The van der Waals surface area contributed by atoms with Gasteiger partial charge in [0, 0.05) is 25.5 Å². The zero-order valence-corrected chi connectivity index (χ0v) is 13.5. The van der Waals surface area contributed by atoms with Gasteiger partial charge in [0.2, 0.25) is 0 Å². The van der Waals surface area contributed by atoms with Gasteiger partial charge in [-0.2, -0.15) is 0 Å². The van der Waals surface area contributed by atoms with Gasteiger partial charge in [-0.3, -0.25) is 4.99 Å². The molecule has 1 heterocycles. The molecule has 0 fully saturated rings. The monoisotopic (exact) mass is 303 g/mol. The Morgan fingerprint density at radius 1 is 1.29 bits per heavy atom. The molecule has 0 radical (unpaired) electrons. The van der Waals surface area contributed by atoms with Crippen LogP contribution in [0.25, 0.3) is 0 Å². The SMILES string of the molecule is CN=C(NCc1cccs1)N(C)Cc1ccc(OC)cc1. The third-order valence-electron chi connectivity index (χ3n) is 3.15. The van der Waals surface area contributed by atoms with Crippen molar-refractivity contribution in [2.75, 3.05) is 21.2 Å². The van der Waals surface area contributed by atoms with Gasteiger partial charge >= 0.3 is 0 Å². The van der Waals surface area contributed by atoms with E-state index in [4.69, 9.17) is 4.74 Å². The third kappa shape index (κ3) is 4.49. The van der Waals surface area contributed by atoms with Gasteiger partial charge in [-0.25, -0.2) is 0 Å². The fourth-order valence-corrected chi connectivity index (χ4v) is 2.69. The summed E-state index contributed by atoms with van der Waals surface area (Å²) in [6.07, 6.45) is 0. The first-order valence-corrected chi connectivity index (χ1v) is 7.68. The Morgan fingerprint density at radius 2 is 2.05 bits per heavy atom. The topological polar surface area (TPSA) is 36.9 Å². The summed E-state index contributed by atoms with van der Waals surface area (Å²) in [7, 11) is 5.52. The number of thiophene rings is 1. The van der Waals surface area contributed by atoms with Gasteiger partial charge in [-0.1, -0.05) is 18.2 Å². The van der Waals surface area contributed by atoms with Crippen LogP contribution in [0.1, 0.15) is 10.4 Å². The number of methoxy groups -OCH3 is 1. The molecule has 4 nitrogen and oxygen atoms in total. The molecule has 1 aromatic heterocycles. The predicted octanol–water partition coefficient (Wildman–Crippen LogP) is 2.96. The lowest BCUT2D eigenvalue weighted by molar-refractivity contribution is 0.414. The van der Waals surface area contributed by atoms with Gasteiger partial charge in [-0.15, -0.1) is 11.3 Å². The maximum absolute atomic E-state index is 5.17. The van der Waals surface area contributed by atoms with Crippen molar-refractivity contribution in [1.82, 2.24) is 10.2 Å². The minimum atomic E-state index is 0.800. The number of guanidine groups is 1. The van der Waals surface area contributed by atoms with Crippen LogP contribution in [0, 0.1) is 0 Å². The molecule has 5 heteroatoms. The molecule has 0 aliphatic rings. The average molecular weight is 303 g/mol. The van der Waals surface area contributed by atoms with Crippen molar-refractivity contribution in [3.05, 3.63) is 52.2 Å². The van der Waals surface area contributed by atoms with Crippen LogP contribution < -0.4 is 10.1 Å². The highest BCUT2D eigenvalue weighted by atomic mass is 32.1. The Labute approximate surface area is 130 Å². The van der Waals surface area contributed by atoms with Crippen molar-refractivity contribution < 1.29 is 4.74 Å². The molecule has 0 unspecified atom stereocenters. The van der Waals surface area contributed by atoms with E-state index in [1.807, 2.05) is 19.2 Å². The van der Waals surface area contributed by atoms with E-state index in [9.17, 15) is 0 Å². The molecule has 1 N–H and O–H groups in total. The van der Waals surface area contributed by atoms with Gasteiger partial charge < -0.3 is 15.0 Å². The number of rotatable bonds is 5. The second-order valence-electron chi connectivity index (χ2n) is 4.68. The quantitative estimate of drug-likeness (QED) is 0.681. The second-order valence-corrected chi connectivity index (χ2v) is 5.72. The van der Waals surface area contributed by atoms with Gasteiger partial charge in [0.15, 0.2) is 5.96 Å². The van der Waals surface area contributed by atoms with Crippen molar-refractivity contribution in [2.45, 2.75) is 13.1 Å². The first kappa shape index (κ1) is 15.4. The number of aliphatic imine (C=N–C) groups is 1. The summed E-state index contributed by atoms with van der Waals surface area (Å²) in [6.45, 7) is 1.60. The summed E-state index contributed by atoms with van der Waals surface area (Å²) >= 11 is 1.75. The summed E-state index contributed by atoms with van der Waals surface area (Å²) in [5.74, 6) is 1.76. The van der Waals surface area contributed by atoms with E-state index >= 15 is 0 Å². The molecule has 0 amide bonds. The van der Waals surface area contributed by atoms with Crippen molar-refractivity contribution in [1.29, 1.82) is 0 Å². The molecule has 0 spiro atoms. The van der Waals surface area contributed by atoms with Crippen LogP contribution in [-0.2, 0) is 13.1 Å². The van der Waals surface area contributed by atoms with E-state index < -0.39 is 0 Å². The molecular formula is C16H21N3OS. The van der Waals surface area contributed by atoms with Crippen LogP contribution in [0.5, 0.6) is 5.75 Å². The van der Waals surface area contributed by atoms with Gasteiger partial charge in [0.1, 0.15) is 5.75 Å². The average Bonchev–Trinajstić information content (AvgIpc) is 3.02. The highest BCUT2D eigenvalue weighted by Gasteiger charge is 2.07. The number of hydrogen-bond donors (Lipinski definition) is 1. The molecule has 0 bridgehead atoms. The Balaban J connectivity index is 1.91. The molecular weight excluding hydrogens is 282 g/mol. The van der Waals surface area contributed by atoms with E-state index in [0.29, 0.717) is 0 Å². The highest BCUT2D eigenvalue weighted by Crippen LogP contribution is 2.13. The standard InChI is InChI=1S/C16H21N3OS/c1-17-16(18-11-15-5-4-10-21-15)19(2)12-13-6-8-14(20-3)9-7-13/h4-10H,11-12H2,1-3H3,(H,17,18). The largest absolute Gasteiger partial charge is 0.497 e. The van der Waals surface area contributed by atoms with E-state index in [1.54, 1.807) is 25.5 Å². The molecule has 1 aromatic carbocycles. The number of ether oxygens (including phenoxy) is 1. The van der Waals surface area contributed by atoms with Gasteiger partial charge in [0.05, 0.1) is 13.7 Å². The lowest BCUT2D eigenvalue weighted by Gasteiger charge is -2.22. The summed E-state index contributed by atoms with van der Waals surface area (Å²) in [4.78, 5) is 7.74. The molecule has 21 heavy (non-hydrogen) atoms. The Bertz CT molecular complexity index is 564. The number of nitrogens with one attached hydrogen (secondary N) is 1. The summed E-state index contributed by atoms with van der Waals surface area (Å²) < 4.78 is 5.17. The van der Waals surface area contributed by atoms with Crippen molar-refractivity contribution in [3.63, 3.8) is 0 Å². The molecule has 2 rings (SSSR count). The molecule has 0 aliphatic heterocycles. The van der Waals surface area contributed by atoms with Crippen LogP contribution in [-0.4, -0.2) is 32.1 Å². The fraction of sp³-hybridized carbons (Fsp3) is 0.312. The van der Waals surface area contributed by atoms with Crippen molar-refractivity contribution >= 4 is 17.3 Å². The molecule has 0 saturated heterocycles. The highest BCUT2D eigenvalue weighted by molar-refractivity contribution is 7.09. The Morgan fingerprint density at radius 3 is 2.62 bits per heavy atom. The van der Waals surface area contributed by atoms with Gasteiger partial charge in [0.25, 0.3) is 0 Å².